The number of pyridine rings is 1. The normalized spacial score (nSPS) is 13.8. The minimum atomic E-state index is -0.558. The summed E-state index contributed by atoms with van der Waals surface area (Å²) in [7, 11) is 0. The molecule has 2 aromatic heterocycles. The lowest BCUT2D eigenvalue weighted by Crippen LogP contribution is -2.47. The van der Waals surface area contributed by atoms with Crippen molar-refractivity contribution in [3.05, 3.63) is 89.6 Å². The van der Waals surface area contributed by atoms with E-state index in [9.17, 15) is 14.0 Å². The second-order valence-corrected chi connectivity index (χ2v) is 9.06. The third-order valence-electron chi connectivity index (χ3n) is 6.57. The van der Waals surface area contributed by atoms with E-state index in [1.807, 2.05) is 24.3 Å². The summed E-state index contributed by atoms with van der Waals surface area (Å²) in [5.41, 5.74) is 2.23. The van der Waals surface area contributed by atoms with Crippen LogP contribution in [-0.4, -0.2) is 69.8 Å². The second kappa shape index (κ2) is 11.4. The molecule has 1 amide bonds. The molecule has 3 N–H and O–H groups in total. The number of fused-ring (bicyclic) bond motifs is 1. The van der Waals surface area contributed by atoms with Crippen LogP contribution in [-0.2, 0) is 4.79 Å². The van der Waals surface area contributed by atoms with Gasteiger partial charge in [-0.15, -0.1) is 0 Å². The molecule has 1 fully saturated rings. The van der Waals surface area contributed by atoms with Crippen molar-refractivity contribution in [3.8, 4) is 5.69 Å². The van der Waals surface area contributed by atoms with Crippen LogP contribution in [0.3, 0.4) is 0 Å². The molecule has 1 aliphatic heterocycles. The lowest BCUT2D eigenvalue weighted by molar-refractivity contribution is -0.111. The van der Waals surface area contributed by atoms with Crippen LogP contribution in [0.25, 0.3) is 16.7 Å². The number of benzene rings is 2. The molecule has 39 heavy (non-hydrogen) atoms. The van der Waals surface area contributed by atoms with Gasteiger partial charge in [-0.25, -0.2) is 9.37 Å². The minimum absolute atomic E-state index is 0.106. The molecule has 0 aliphatic carbocycles. The van der Waals surface area contributed by atoms with Crippen LogP contribution in [0.4, 0.5) is 27.4 Å². The van der Waals surface area contributed by atoms with Crippen molar-refractivity contribution in [3.63, 3.8) is 0 Å². The summed E-state index contributed by atoms with van der Waals surface area (Å²) in [5, 5.41) is 15.1. The molecule has 0 radical (unpaired) electrons. The standard InChI is InChI=1S/C28H28FN7O3/c1-2-26(39)31-20-5-8-23(29)24(17-20)36-10-9-25(38)22-18-30-28(33-27(22)36)32-19-3-6-21(7-4-19)35-13-11-34(12-14-35)15-16-37/h2-10,17-18,37H,1,11-16H2,(H,31,39)(H,30,32,33). The summed E-state index contributed by atoms with van der Waals surface area (Å²) in [6.07, 6.45) is 3.97. The molecule has 200 valence electrons. The highest BCUT2D eigenvalue weighted by molar-refractivity contribution is 5.99. The zero-order valence-electron chi connectivity index (χ0n) is 21.2. The van der Waals surface area contributed by atoms with Crippen molar-refractivity contribution in [2.75, 3.05) is 54.9 Å². The molecule has 4 aromatic rings. The number of nitrogens with zero attached hydrogens (tertiary/aromatic N) is 5. The van der Waals surface area contributed by atoms with Crippen LogP contribution in [0, 0.1) is 5.82 Å². The van der Waals surface area contributed by atoms with Crippen LogP contribution in [0.15, 0.2) is 78.4 Å². The topological polar surface area (TPSA) is 116 Å². The van der Waals surface area contributed by atoms with Crippen molar-refractivity contribution in [2.45, 2.75) is 0 Å². The van der Waals surface area contributed by atoms with Crippen molar-refractivity contribution in [1.29, 1.82) is 0 Å². The van der Waals surface area contributed by atoms with Gasteiger partial charge in [0.15, 0.2) is 11.1 Å². The highest BCUT2D eigenvalue weighted by Crippen LogP contribution is 2.24. The number of rotatable bonds is 8. The van der Waals surface area contributed by atoms with E-state index in [0.717, 1.165) is 43.6 Å². The molecule has 1 saturated heterocycles. The largest absolute Gasteiger partial charge is 0.395 e. The van der Waals surface area contributed by atoms with Gasteiger partial charge in [0.1, 0.15) is 5.82 Å². The number of aromatic nitrogens is 3. The fraction of sp³-hybridized carbons (Fsp3) is 0.214. The van der Waals surface area contributed by atoms with Gasteiger partial charge < -0.3 is 20.6 Å². The molecule has 5 rings (SSSR count). The Balaban J connectivity index is 1.40. The van der Waals surface area contributed by atoms with Crippen LogP contribution in [0.1, 0.15) is 0 Å². The molecule has 10 nitrogen and oxygen atoms in total. The highest BCUT2D eigenvalue weighted by Gasteiger charge is 2.17. The van der Waals surface area contributed by atoms with Crippen LogP contribution in [0.2, 0.25) is 0 Å². The zero-order valence-corrected chi connectivity index (χ0v) is 21.2. The quantitative estimate of drug-likeness (QED) is 0.299. The first-order chi connectivity index (χ1) is 18.9. The molecule has 0 unspecified atom stereocenters. The maximum atomic E-state index is 14.9. The summed E-state index contributed by atoms with van der Waals surface area (Å²) in [4.78, 5) is 37.6. The van der Waals surface area contributed by atoms with Crippen LogP contribution < -0.4 is 21.0 Å². The molecule has 0 bridgehead atoms. The molecular formula is C28H28FN7O3. The Labute approximate surface area is 224 Å². The summed E-state index contributed by atoms with van der Waals surface area (Å²) >= 11 is 0. The third kappa shape index (κ3) is 5.79. The van der Waals surface area contributed by atoms with E-state index in [1.54, 1.807) is 0 Å². The number of piperazine rings is 1. The van der Waals surface area contributed by atoms with Crippen LogP contribution in [0.5, 0.6) is 0 Å². The molecule has 1 aliphatic rings. The van der Waals surface area contributed by atoms with E-state index in [4.69, 9.17) is 5.11 Å². The van der Waals surface area contributed by atoms with E-state index in [1.165, 1.54) is 41.2 Å². The Morgan fingerprint density at radius 1 is 1.08 bits per heavy atom. The van der Waals surface area contributed by atoms with Crippen molar-refractivity contribution >= 4 is 40.0 Å². The van der Waals surface area contributed by atoms with E-state index < -0.39 is 11.7 Å². The van der Waals surface area contributed by atoms with Gasteiger partial charge in [0.05, 0.1) is 17.7 Å². The fourth-order valence-electron chi connectivity index (χ4n) is 4.51. The Morgan fingerprint density at radius 2 is 1.82 bits per heavy atom. The molecule has 11 heteroatoms. The van der Waals surface area contributed by atoms with Gasteiger partial charge in [-0.3, -0.25) is 19.1 Å². The highest BCUT2D eigenvalue weighted by atomic mass is 19.1. The third-order valence-corrected chi connectivity index (χ3v) is 6.57. The fourth-order valence-corrected chi connectivity index (χ4v) is 4.51. The number of aliphatic hydroxyl groups excluding tert-OH is 1. The van der Waals surface area contributed by atoms with E-state index in [2.05, 4.69) is 37.0 Å². The summed E-state index contributed by atoms with van der Waals surface area (Å²) in [6, 6.07) is 13.3. The number of hydrogen-bond acceptors (Lipinski definition) is 8. The number of aliphatic hydroxyl groups is 1. The van der Waals surface area contributed by atoms with Gasteiger partial charge >= 0.3 is 0 Å². The number of anilines is 4. The SMILES string of the molecule is C=CC(=O)Nc1ccc(F)c(-n2ccc(=O)c3cnc(Nc4ccc(N5CCN(CCO)CC5)cc4)nc32)c1. The van der Waals surface area contributed by atoms with Crippen molar-refractivity contribution < 1.29 is 14.3 Å². The predicted molar refractivity (Wildman–Crippen MR) is 149 cm³/mol. The lowest BCUT2D eigenvalue weighted by atomic mass is 10.2. The van der Waals surface area contributed by atoms with Gasteiger partial charge in [-0.1, -0.05) is 6.58 Å². The summed E-state index contributed by atoms with van der Waals surface area (Å²) in [6.45, 7) is 7.85. The predicted octanol–water partition coefficient (Wildman–Crippen LogP) is 2.90. The molecular weight excluding hydrogens is 501 g/mol. The molecule has 0 saturated carbocycles. The Hall–Kier alpha value is -4.61. The van der Waals surface area contributed by atoms with Crippen molar-refractivity contribution in [1.82, 2.24) is 19.4 Å². The number of carbonyl (C=O) groups is 1. The zero-order chi connectivity index (χ0) is 27.4. The first kappa shape index (κ1) is 26.0. The Morgan fingerprint density at radius 3 is 2.54 bits per heavy atom. The Bertz CT molecular complexity index is 1560. The van der Waals surface area contributed by atoms with Crippen molar-refractivity contribution in [2.24, 2.45) is 0 Å². The summed E-state index contributed by atoms with van der Waals surface area (Å²) in [5.74, 6) is -0.748. The van der Waals surface area contributed by atoms with Gasteiger partial charge in [0.2, 0.25) is 11.9 Å². The average Bonchev–Trinajstić information content (AvgIpc) is 2.95. The van der Waals surface area contributed by atoms with Crippen LogP contribution >= 0.6 is 0 Å². The maximum Gasteiger partial charge on any atom is 0.247 e. The monoisotopic (exact) mass is 529 g/mol. The van der Waals surface area contributed by atoms with Gasteiger partial charge in [0, 0.05) is 68.2 Å². The second-order valence-electron chi connectivity index (χ2n) is 9.06. The lowest BCUT2D eigenvalue weighted by Gasteiger charge is -2.35. The number of β-amino-alcohol motifs (C(OH)–C–C–N with tert-alkyl or cyclic N) is 1. The van der Waals surface area contributed by atoms with E-state index in [0.29, 0.717) is 12.2 Å². The van der Waals surface area contributed by atoms with Gasteiger partial charge in [-0.2, -0.15) is 4.98 Å². The molecule has 0 atom stereocenters. The number of nitrogens with one attached hydrogen (secondary N) is 2. The number of hydrogen-bond donors (Lipinski definition) is 3. The van der Waals surface area contributed by atoms with E-state index in [-0.39, 0.29) is 34.7 Å². The average molecular weight is 530 g/mol. The number of amides is 1. The van der Waals surface area contributed by atoms with E-state index >= 15 is 0 Å². The first-order valence-corrected chi connectivity index (χ1v) is 12.5. The first-order valence-electron chi connectivity index (χ1n) is 12.5. The number of halogens is 1. The number of carbonyl (C=O) groups excluding carboxylic acids is 1. The van der Waals surface area contributed by atoms with Gasteiger partial charge in [0.25, 0.3) is 0 Å². The maximum absolute atomic E-state index is 14.9. The Kier molecular flexibility index (Phi) is 7.62. The van der Waals surface area contributed by atoms with Gasteiger partial charge in [-0.05, 0) is 48.5 Å². The molecule has 2 aromatic carbocycles. The minimum Gasteiger partial charge on any atom is -0.395 e. The molecule has 3 heterocycles. The summed E-state index contributed by atoms with van der Waals surface area (Å²) < 4.78 is 16.3. The smallest absolute Gasteiger partial charge is 0.247 e. The molecule has 0 spiro atoms.